The fourth-order valence-corrected chi connectivity index (χ4v) is 3.18. The Morgan fingerprint density at radius 1 is 0.880 bits per heavy atom. The van der Waals surface area contributed by atoms with Crippen LogP contribution in [0.4, 0.5) is 0 Å². The van der Waals surface area contributed by atoms with E-state index in [0.717, 1.165) is 29.7 Å². The molecular formula is C22H25NO2. The zero-order valence-corrected chi connectivity index (χ0v) is 14.5. The molecule has 3 heteroatoms. The van der Waals surface area contributed by atoms with Crippen LogP contribution in [0.2, 0.25) is 0 Å². The summed E-state index contributed by atoms with van der Waals surface area (Å²) in [4.78, 5) is 0. The van der Waals surface area contributed by atoms with Crippen LogP contribution in [0.5, 0.6) is 0 Å². The summed E-state index contributed by atoms with van der Waals surface area (Å²) in [5.74, 6) is 0.906. The first kappa shape index (κ1) is 17.5. The molecule has 3 rings (SSSR count). The van der Waals surface area contributed by atoms with Gasteiger partial charge in [0.1, 0.15) is 5.76 Å². The summed E-state index contributed by atoms with van der Waals surface area (Å²) in [5.41, 5.74) is 1.96. The van der Waals surface area contributed by atoms with Gasteiger partial charge in [-0.1, -0.05) is 74.0 Å². The van der Waals surface area contributed by atoms with E-state index in [1.165, 1.54) is 0 Å². The molecule has 3 aromatic rings. The zero-order valence-electron chi connectivity index (χ0n) is 14.5. The number of benzene rings is 2. The lowest BCUT2D eigenvalue weighted by atomic mass is 9.94. The molecule has 1 aromatic heterocycles. The lowest BCUT2D eigenvalue weighted by molar-refractivity contribution is 0.118. The Bertz CT molecular complexity index is 725. The molecular weight excluding hydrogens is 310 g/mol. The van der Waals surface area contributed by atoms with E-state index >= 15 is 0 Å². The van der Waals surface area contributed by atoms with Crippen LogP contribution in [-0.4, -0.2) is 5.11 Å². The highest BCUT2D eigenvalue weighted by Gasteiger charge is 2.26. The number of furan rings is 1. The fourth-order valence-electron chi connectivity index (χ4n) is 3.18. The molecule has 2 aromatic carbocycles. The molecule has 0 spiro atoms. The van der Waals surface area contributed by atoms with Crippen molar-refractivity contribution in [3.05, 3.63) is 95.9 Å². The Morgan fingerprint density at radius 3 is 2.08 bits per heavy atom. The predicted molar refractivity (Wildman–Crippen MR) is 100 cm³/mol. The first-order valence-electron chi connectivity index (χ1n) is 8.87. The third-order valence-corrected chi connectivity index (χ3v) is 4.46. The highest BCUT2D eigenvalue weighted by Crippen LogP contribution is 2.32. The molecule has 0 fully saturated rings. The van der Waals surface area contributed by atoms with Crippen LogP contribution in [0.3, 0.4) is 0 Å². The van der Waals surface area contributed by atoms with Gasteiger partial charge < -0.3 is 9.52 Å². The van der Waals surface area contributed by atoms with Gasteiger partial charge in [0.2, 0.25) is 0 Å². The molecule has 130 valence electrons. The van der Waals surface area contributed by atoms with Crippen LogP contribution in [0.15, 0.2) is 83.5 Å². The van der Waals surface area contributed by atoms with Crippen LogP contribution in [0, 0.1) is 0 Å². The van der Waals surface area contributed by atoms with E-state index in [4.69, 9.17) is 4.42 Å². The quantitative estimate of drug-likeness (QED) is 0.596. The largest absolute Gasteiger partial charge is 0.468 e. The summed E-state index contributed by atoms with van der Waals surface area (Å²) in [5, 5.41) is 14.7. The van der Waals surface area contributed by atoms with E-state index < -0.39 is 6.10 Å². The average molecular weight is 335 g/mol. The number of rotatable bonds is 8. The summed E-state index contributed by atoms with van der Waals surface area (Å²) < 4.78 is 5.63. The number of hydrogen-bond acceptors (Lipinski definition) is 3. The summed E-state index contributed by atoms with van der Waals surface area (Å²) >= 11 is 0. The normalized spacial score (nSPS) is 14.8. The molecule has 0 saturated heterocycles. The lowest BCUT2D eigenvalue weighted by Gasteiger charge is -2.29. The van der Waals surface area contributed by atoms with Gasteiger partial charge in [-0.3, -0.25) is 5.32 Å². The topological polar surface area (TPSA) is 45.4 Å². The Hall–Kier alpha value is -2.36. The Balaban J connectivity index is 1.91. The zero-order chi connectivity index (χ0) is 17.5. The molecule has 1 heterocycles. The summed E-state index contributed by atoms with van der Waals surface area (Å²) in [6, 6.07) is 23.6. The third-order valence-electron chi connectivity index (χ3n) is 4.46. The van der Waals surface area contributed by atoms with Gasteiger partial charge in [0, 0.05) is 0 Å². The highest BCUT2D eigenvalue weighted by atomic mass is 16.3. The number of nitrogens with one attached hydrogen (secondary N) is 1. The molecule has 3 atom stereocenters. The van der Waals surface area contributed by atoms with Gasteiger partial charge in [-0.2, -0.15) is 0 Å². The Morgan fingerprint density at radius 2 is 1.52 bits per heavy atom. The molecule has 0 aliphatic heterocycles. The maximum atomic E-state index is 11.1. The third kappa shape index (κ3) is 4.38. The molecule has 25 heavy (non-hydrogen) atoms. The first-order valence-corrected chi connectivity index (χ1v) is 8.87. The predicted octanol–water partition coefficient (Wildman–Crippen LogP) is 5.19. The summed E-state index contributed by atoms with van der Waals surface area (Å²) in [7, 11) is 0. The minimum absolute atomic E-state index is 0.0589. The van der Waals surface area contributed by atoms with Crippen molar-refractivity contribution in [2.75, 3.05) is 0 Å². The minimum Gasteiger partial charge on any atom is -0.468 e. The van der Waals surface area contributed by atoms with E-state index in [2.05, 4.69) is 24.4 Å². The van der Waals surface area contributed by atoms with Gasteiger partial charge >= 0.3 is 0 Å². The van der Waals surface area contributed by atoms with E-state index in [1.807, 2.05) is 60.7 Å². The highest BCUT2D eigenvalue weighted by molar-refractivity contribution is 5.26. The second-order valence-electron chi connectivity index (χ2n) is 6.27. The monoisotopic (exact) mass is 335 g/mol. The average Bonchev–Trinajstić information content (AvgIpc) is 3.21. The van der Waals surface area contributed by atoms with Gasteiger partial charge in [-0.25, -0.2) is 0 Å². The lowest BCUT2D eigenvalue weighted by Crippen LogP contribution is -2.31. The van der Waals surface area contributed by atoms with Crippen molar-refractivity contribution in [2.45, 2.75) is 38.0 Å². The maximum Gasteiger partial charge on any atom is 0.120 e. The molecule has 0 aliphatic carbocycles. The Kier molecular flexibility index (Phi) is 6.04. The van der Waals surface area contributed by atoms with Crippen LogP contribution in [0.1, 0.15) is 54.8 Å². The van der Waals surface area contributed by atoms with Gasteiger partial charge in [0.15, 0.2) is 0 Å². The SMILES string of the molecule is CCC[C@H](N[C@@H](c1ccccc1)[C@H](O)c1ccccc1)c1ccco1. The van der Waals surface area contributed by atoms with Crippen molar-refractivity contribution in [2.24, 2.45) is 0 Å². The van der Waals surface area contributed by atoms with Crippen molar-refractivity contribution in [3.8, 4) is 0 Å². The molecule has 0 amide bonds. The molecule has 3 nitrogen and oxygen atoms in total. The van der Waals surface area contributed by atoms with Crippen molar-refractivity contribution in [1.82, 2.24) is 5.32 Å². The van der Waals surface area contributed by atoms with Gasteiger partial charge in [0.05, 0.1) is 24.5 Å². The van der Waals surface area contributed by atoms with Crippen molar-refractivity contribution in [1.29, 1.82) is 0 Å². The van der Waals surface area contributed by atoms with E-state index in [9.17, 15) is 5.11 Å². The van der Waals surface area contributed by atoms with E-state index in [0.29, 0.717) is 0 Å². The standard InChI is InChI=1S/C22H25NO2/c1-2-10-19(20-15-9-16-25-20)23-21(17-11-5-3-6-12-17)22(24)18-13-7-4-8-14-18/h3-9,11-16,19,21-24H,2,10H2,1H3/t19-,21-,22+/m0/s1. The van der Waals surface area contributed by atoms with Gasteiger partial charge in [0.25, 0.3) is 0 Å². The molecule has 0 radical (unpaired) electrons. The second kappa shape index (κ2) is 8.65. The minimum atomic E-state index is -0.641. The molecule has 0 unspecified atom stereocenters. The summed E-state index contributed by atoms with van der Waals surface area (Å²) in [6.45, 7) is 2.16. The number of hydrogen-bond donors (Lipinski definition) is 2. The van der Waals surface area contributed by atoms with Crippen molar-refractivity contribution < 1.29 is 9.52 Å². The first-order chi connectivity index (χ1) is 12.3. The van der Waals surface area contributed by atoms with Crippen LogP contribution in [0.25, 0.3) is 0 Å². The van der Waals surface area contributed by atoms with E-state index in [-0.39, 0.29) is 12.1 Å². The van der Waals surface area contributed by atoms with E-state index in [1.54, 1.807) is 6.26 Å². The number of aliphatic hydroxyl groups is 1. The molecule has 0 aliphatic rings. The second-order valence-corrected chi connectivity index (χ2v) is 6.27. The van der Waals surface area contributed by atoms with Crippen LogP contribution >= 0.6 is 0 Å². The molecule has 0 bridgehead atoms. The van der Waals surface area contributed by atoms with Crippen LogP contribution < -0.4 is 5.32 Å². The van der Waals surface area contributed by atoms with Crippen molar-refractivity contribution in [3.63, 3.8) is 0 Å². The fraction of sp³-hybridized carbons (Fsp3) is 0.273. The van der Waals surface area contributed by atoms with Gasteiger partial charge in [-0.05, 0) is 29.7 Å². The van der Waals surface area contributed by atoms with Gasteiger partial charge in [-0.15, -0.1) is 0 Å². The Labute approximate surface area is 149 Å². The molecule has 0 saturated carbocycles. The summed E-state index contributed by atoms with van der Waals surface area (Å²) in [6.07, 6.45) is 3.03. The molecule has 2 N–H and O–H groups in total. The maximum absolute atomic E-state index is 11.1. The van der Waals surface area contributed by atoms with Crippen molar-refractivity contribution >= 4 is 0 Å². The smallest absolute Gasteiger partial charge is 0.120 e. The van der Waals surface area contributed by atoms with Crippen LogP contribution in [-0.2, 0) is 0 Å². The number of aliphatic hydroxyl groups excluding tert-OH is 1.